The van der Waals surface area contributed by atoms with Crippen molar-refractivity contribution in [2.24, 2.45) is 5.73 Å². The maximum Gasteiger partial charge on any atom is 0.325 e. The first-order chi connectivity index (χ1) is 6.04. The van der Waals surface area contributed by atoms with Crippen molar-refractivity contribution in [3.8, 4) is 0 Å². The van der Waals surface area contributed by atoms with E-state index in [4.69, 9.17) is 10.8 Å². The molecule has 70 valence electrons. The molecule has 5 heteroatoms. The molecule has 0 heterocycles. The molecular formula is C8H7BrFNO2. The third kappa shape index (κ3) is 2.05. The number of nitrogens with two attached hydrogens (primary N) is 1. The Bertz CT molecular complexity index is 323. The van der Waals surface area contributed by atoms with Crippen LogP contribution in [0.1, 0.15) is 11.6 Å². The molecule has 1 aromatic rings. The minimum absolute atomic E-state index is 0.0324. The van der Waals surface area contributed by atoms with Crippen LogP contribution in [-0.4, -0.2) is 11.1 Å². The van der Waals surface area contributed by atoms with Crippen molar-refractivity contribution in [1.29, 1.82) is 0 Å². The van der Waals surface area contributed by atoms with Crippen LogP contribution in [0.15, 0.2) is 22.7 Å². The minimum atomic E-state index is -1.34. The van der Waals surface area contributed by atoms with Gasteiger partial charge in [-0.2, -0.15) is 0 Å². The molecule has 0 radical (unpaired) electrons. The zero-order chi connectivity index (χ0) is 10.0. The van der Waals surface area contributed by atoms with E-state index in [1.807, 2.05) is 0 Å². The Kier molecular flexibility index (Phi) is 3.00. The van der Waals surface area contributed by atoms with Crippen molar-refractivity contribution >= 4 is 21.9 Å². The summed E-state index contributed by atoms with van der Waals surface area (Å²) in [7, 11) is 0. The Labute approximate surface area is 82.5 Å². The molecule has 0 unspecified atom stereocenters. The van der Waals surface area contributed by atoms with Gasteiger partial charge in [0.25, 0.3) is 0 Å². The molecule has 0 aliphatic carbocycles. The van der Waals surface area contributed by atoms with E-state index in [0.717, 1.165) is 0 Å². The van der Waals surface area contributed by atoms with E-state index in [2.05, 4.69) is 15.9 Å². The third-order valence-corrected chi connectivity index (χ3v) is 2.27. The Balaban J connectivity index is 3.20. The normalized spacial score (nSPS) is 12.5. The zero-order valence-corrected chi connectivity index (χ0v) is 8.08. The Morgan fingerprint density at radius 1 is 1.62 bits per heavy atom. The first-order valence-electron chi connectivity index (χ1n) is 3.46. The largest absolute Gasteiger partial charge is 0.480 e. The molecule has 13 heavy (non-hydrogen) atoms. The van der Waals surface area contributed by atoms with Gasteiger partial charge in [-0.25, -0.2) is 4.39 Å². The number of carboxylic acids is 1. The summed E-state index contributed by atoms with van der Waals surface area (Å²) in [6.07, 6.45) is 0. The number of halogens is 2. The van der Waals surface area contributed by atoms with Crippen LogP contribution >= 0.6 is 15.9 Å². The van der Waals surface area contributed by atoms with Gasteiger partial charge in [-0.15, -0.1) is 0 Å². The average molecular weight is 248 g/mol. The minimum Gasteiger partial charge on any atom is -0.480 e. The van der Waals surface area contributed by atoms with Gasteiger partial charge in [0.2, 0.25) is 0 Å². The molecule has 1 rings (SSSR count). The topological polar surface area (TPSA) is 63.3 Å². The van der Waals surface area contributed by atoms with Crippen LogP contribution in [0.5, 0.6) is 0 Å². The maximum atomic E-state index is 13.1. The molecule has 0 spiro atoms. The predicted molar refractivity (Wildman–Crippen MR) is 48.7 cm³/mol. The van der Waals surface area contributed by atoms with Crippen LogP contribution in [0.4, 0.5) is 4.39 Å². The number of carboxylic acid groups (broad SMARTS) is 1. The van der Waals surface area contributed by atoms with Gasteiger partial charge in [-0.1, -0.05) is 22.0 Å². The van der Waals surface area contributed by atoms with E-state index in [-0.39, 0.29) is 5.56 Å². The molecule has 0 aromatic heterocycles. The lowest BCUT2D eigenvalue weighted by atomic mass is 10.1. The predicted octanol–water partition coefficient (Wildman–Crippen LogP) is 1.67. The molecule has 1 atom stereocenters. The van der Waals surface area contributed by atoms with E-state index < -0.39 is 17.8 Å². The van der Waals surface area contributed by atoms with Crippen molar-refractivity contribution in [3.05, 3.63) is 34.1 Å². The highest BCUT2D eigenvalue weighted by Crippen LogP contribution is 2.24. The molecule has 0 amide bonds. The highest BCUT2D eigenvalue weighted by atomic mass is 79.9. The summed E-state index contributed by atoms with van der Waals surface area (Å²) in [5.41, 5.74) is 5.24. The van der Waals surface area contributed by atoms with Crippen LogP contribution in [0.2, 0.25) is 0 Å². The smallest absolute Gasteiger partial charge is 0.325 e. The highest BCUT2D eigenvalue weighted by Gasteiger charge is 2.20. The Morgan fingerprint density at radius 3 is 2.69 bits per heavy atom. The number of benzene rings is 1. The van der Waals surface area contributed by atoms with Gasteiger partial charge in [0.15, 0.2) is 0 Å². The molecule has 0 fully saturated rings. The summed E-state index contributed by atoms with van der Waals surface area (Å²) in [4.78, 5) is 10.5. The molecule has 3 nitrogen and oxygen atoms in total. The highest BCUT2D eigenvalue weighted by molar-refractivity contribution is 9.10. The average Bonchev–Trinajstić information content (AvgIpc) is 2.03. The van der Waals surface area contributed by atoms with Crippen molar-refractivity contribution in [1.82, 2.24) is 0 Å². The van der Waals surface area contributed by atoms with Gasteiger partial charge in [0.05, 0.1) is 0 Å². The second-order valence-corrected chi connectivity index (χ2v) is 3.31. The summed E-state index contributed by atoms with van der Waals surface area (Å²) < 4.78 is 13.5. The maximum absolute atomic E-state index is 13.1. The molecule has 0 saturated heterocycles. The molecule has 0 aliphatic rings. The Hall–Kier alpha value is -0.940. The zero-order valence-electron chi connectivity index (χ0n) is 6.50. The van der Waals surface area contributed by atoms with Gasteiger partial charge >= 0.3 is 5.97 Å². The summed E-state index contributed by atoms with van der Waals surface area (Å²) in [6, 6.07) is 2.84. The summed E-state index contributed by atoms with van der Waals surface area (Å²) in [5, 5.41) is 8.57. The lowest BCUT2D eigenvalue weighted by molar-refractivity contribution is -0.138. The van der Waals surface area contributed by atoms with Crippen molar-refractivity contribution in [3.63, 3.8) is 0 Å². The van der Waals surface area contributed by atoms with E-state index >= 15 is 0 Å². The number of carbonyl (C=O) groups is 1. The fourth-order valence-corrected chi connectivity index (χ4v) is 1.52. The van der Waals surface area contributed by atoms with E-state index in [9.17, 15) is 9.18 Å². The standard InChI is InChI=1S/C8H7BrFNO2/c9-4-2-1-3-5(10)6(4)7(11)8(12)13/h1-3,7H,11H2,(H,12,13)/t7-/m0/s1. The van der Waals surface area contributed by atoms with Crippen LogP contribution in [-0.2, 0) is 4.79 Å². The van der Waals surface area contributed by atoms with Crippen molar-refractivity contribution < 1.29 is 14.3 Å². The van der Waals surface area contributed by atoms with Gasteiger partial charge in [-0.05, 0) is 12.1 Å². The lowest BCUT2D eigenvalue weighted by Gasteiger charge is -2.09. The van der Waals surface area contributed by atoms with Crippen LogP contribution in [0, 0.1) is 5.82 Å². The van der Waals surface area contributed by atoms with Crippen molar-refractivity contribution in [2.75, 3.05) is 0 Å². The van der Waals surface area contributed by atoms with E-state index in [1.54, 1.807) is 6.07 Å². The van der Waals surface area contributed by atoms with Gasteiger partial charge in [-0.3, -0.25) is 4.79 Å². The SMILES string of the molecule is N[C@H](C(=O)O)c1c(F)cccc1Br. The van der Waals surface area contributed by atoms with Gasteiger partial charge in [0.1, 0.15) is 11.9 Å². The first-order valence-corrected chi connectivity index (χ1v) is 4.25. The number of hydrogen-bond donors (Lipinski definition) is 2. The third-order valence-electron chi connectivity index (χ3n) is 1.58. The molecule has 1 aromatic carbocycles. The second kappa shape index (κ2) is 3.85. The van der Waals surface area contributed by atoms with Crippen LogP contribution in [0.25, 0.3) is 0 Å². The van der Waals surface area contributed by atoms with E-state index in [1.165, 1.54) is 12.1 Å². The summed E-state index contributed by atoms with van der Waals surface area (Å²) in [6.45, 7) is 0. The summed E-state index contributed by atoms with van der Waals surface area (Å²) in [5.74, 6) is -1.88. The number of aliphatic carboxylic acids is 1. The van der Waals surface area contributed by atoms with Crippen LogP contribution in [0.3, 0.4) is 0 Å². The van der Waals surface area contributed by atoms with Crippen LogP contribution < -0.4 is 5.73 Å². The summed E-state index contributed by atoms with van der Waals surface area (Å²) >= 11 is 3.03. The molecule has 0 aliphatic heterocycles. The Morgan fingerprint density at radius 2 is 2.23 bits per heavy atom. The van der Waals surface area contributed by atoms with Gasteiger partial charge < -0.3 is 10.8 Å². The molecular weight excluding hydrogens is 241 g/mol. The fraction of sp³-hybridized carbons (Fsp3) is 0.125. The number of hydrogen-bond acceptors (Lipinski definition) is 2. The van der Waals surface area contributed by atoms with Crippen molar-refractivity contribution in [2.45, 2.75) is 6.04 Å². The fourth-order valence-electron chi connectivity index (χ4n) is 0.931. The van der Waals surface area contributed by atoms with E-state index in [0.29, 0.717) is 4.47 Å². The van der Waals surface area contributed by atoms with Gasteiger partial charge in [0, 0.05) is 10.0 Å². The molecule has 0 saturated carbocycles. The molecule has 3 N–H and O–H groups in total. The second-order valence-electron chi connectivity index (χ2n) is 2.45. The first kappa shape index (κ1) is 10.1. The molecule has 0 bridgehead atoms. The quantitative estimate of drug-likeness (QED) is 0.836. The lowest BCUT2D eigenvalue weighted by Crippen LogP contribution is -2.22. The number of rotatable bonds is 2. The monoisotopic (exact) mass is 247 g/mol.